The van der Waals surface area contributed by atoms with Gasteiger partial charge in [-0.2, -0.15) is 0 Å². The fraction of sp³-hybridized carbons (Fsp3) is 0.318. The molecule has 2 aliphatic rings. The number of hydrogen-bond donors (Lipinski definition) is 1. The molecular formula is C22H21F2N3O3. The summed E-state index contributed by atoms with van der Waals surface area (Å²) in [4.78, 5) is 40.5. The summed E-state index contributed by atoms with van der Waals surface area (Å²) in [6.45, 7) is 0.496. The Bertz CT molecular complexity index is 968. The number of rotatable bonds is 4. The molecule has 1 spiro atoms. The smallest absolute Gasteiger partial charge is 0.325 e. The van der Waals surface area contributed by atoms with Gasteiger partial charge < -0.3 is 10.2 Å². The molecule has 156 valence electrons. The highest BCUT2D eigenvalue weighted by molar-refractivity contribution is 6.07. The summed E-state index contributed by atoms with van der Waals surface area (Å²) < 4.78 is 27.9. The maximum atomic E-state index is 13.9. The molecule has 2 aliphatic heterocycles. The van der Waals surface area contributed by atoms with E-state index in [4.69, 9.17) is 0 Å². The molecule has 6 nitrogen and oxygen atoms in total. The fourth-order valence-electron chi connectivity index (χ4n) is 4.06. The standard InChI is InChI=1S/C22H21F2N3O3/c23-16-7-4-8-17(24)18(16)19(28)26-13-10-22(11-14-26)20(29)27(21(30)25-22)12-9-15-5-2-1-3-6-15/h1-8H,9-14H2,(H,25,30). The lowest BCUT2D eigenvalue weighted by atomic mass is 9.87. The highest BCUT2D eigenvalue weighted by Crippen LogP contribution is 2.30. The van der Waals surface area contributed by atoms with Crippen molar-refractivity contribution in [2.45, 2.75) is 24.8 Å². The number of benzene rings is 2. The van der Waals surface area contributed by atoms with Crippen LogP contribution < -0.4 is 5.32 Å². The van der Waals surface area contributed by atoms with Crippen LogP contribution >= 0.6 is 0 Å². The van der Waals surface area contributed by atoms with E-state index >= 15 is 0 Å². The summed E-state index contributed by atoms with van der Waals surface area (Å²) in [6, 6.07) is 12.4. The zero-order valence-electron chi connectivity index (χ0n) is 16.2. The number of carbonyl (C=O) groups is 3. The zero-order chi connectivity index (χ0) is 21.3. The summed E-state index contributed by atoms with van der Waals surface area (Å²) in [5, 5.41) is 2.78. The number of urea groups is 1. The van der Waals surface area contributed by atoms with E-state index < -0.39 is 34.7 Å². The molecule has 1 N–H and O–H groups in total. The summed E-state index contributed by atoms with van der Waals surface area (Å²) >= 11 is 0. The average Bonchev–Trinajstić information content (AvgIpc) is 2.96. The molecule has 2 fully saturated rings. The molecule has 2 aromatic carbocycles. The Morgan fingerprint density at radius 1 is 0.967 bits per heavy atom. The molecule has 0 aliphatic carbocycles. The number of likely N-dealkylation sites (tertiary alicyclic amines) is 1. The molecule has 0 atom stereocenters. The summed E-state index contributed by atoms with van der Waals surface area (Å²) in [6.07, 6.45) is 0.940. The van der Waals surface area contributed by atoms with E-state index in [0.717, 1.165) is 17.7 Å². The van der Waals surface area contributed by atoms with Crippen LogP contribution in [-0.4, -0.2) is 52.8 Å². The van der Waals surface area contributed by atoms with Gasteiger partial charge in [0.25, 0.3) is 11.8 Å². The van der Waals surface area contributed by atoms with Crippen LogP contribution in [0.5, 0.6) is 0 Å². The van der Waals surface area contributed by atoms with Crippen molar-refractivity contribution < 1.29 is 23.2 Å². The van der Waals surface area contributed by atoms with Gasteiger partial charge in [-0.25, -0.2) is 13.6 Å². The molecule has 0 saturated carbocycles. The zero-order valence-corrected chi connectivity index (χ0v) is 16.2. The van der Waals surface area contributed by atoms with E-state index in [2.05, 4.69) is 5.32 Å². The normalized spacial score (nSPS) is 18.1. The van der Waals surface area contributed by atoms with E-state index in [9.17, 15) is 23.2 Å². The topological polar surface area (TPSA) is 69.7 Å². The summed E-state index contributed by atoms with van der Waals surface area (Å²) in [5.41, 5.74) is -0.649. The lowest BCUT2D eigenvalue weighted by molar-refractivity contribution is -0.132. The Labute approximate surface area is 172 Å². The van der Waals surface area contributed by atoms with Crippen molar-refractivity contribution in [1.29, 1.82) is 0 Å². The van der Waals surface area contributed by atoms with Gasteiger partial charge in [0.05, 0.1) is 0 Å². The number of amides is 4. The van der Waals surface area contributed by atoms with Gasteiger partial charge in [-0.05, 0) is 37.0 Å². The predicted octanol–water partition coefficient (Wildman–Crippen LogP) is 2.73. The summed E-state index contributed by atoms with van der Waals surface area (Å²) in [5.74, 6) is -2.90. The second-order valence-electron chi connectivity index (χ2n) is 7.59. The van der Waals surface area contributed by atoms with Gasteiger partial charge >= 0.3 is 6.03 Å². The van der Waals surface area contributed by atoms with Crippen molar-refractivity contribution in [3.8, 4) is 0 Å². The van der Waals surface area contributed by atoms with Gasteiger partial charge in [0.1, 0.15) is 22.7 Å². The van der Waals surface area contributed by atoms with Crippen molar-refractivity contribution in [3.63, 3.8) is 0 Å². The van der Waals surface area contributed by atoms with Gasteiger partial charge in [-0.15, -0.1) is 0 Å². The molecule has 2 aromatic rings. The molecule has 4 amide bonds. The predicted molar refractivity (Wildman–Crippen MR) is 105 cm³/mol. The molecule has 2 saturated heterocycles. The SMILES string of the molecule is O=C(c1c(F)cccc1F)N1CCC2(CC1)NC(=O)N(CCc1ccccc1)C2=O. The van der Waals surface area contributed by atoms with E-state index in [-0.39, 0.29) is 38.4 Å². The molecule has 0 unspecified atom stereocenters. The number of nitrogens with one attached hydrogen (secondary N) is 1. The van der Waals surface area contributed by atoms with E-state index in [0.29, 0.717) is 6.42 Å². The van der Waals surface area contributed by atoms with Crippen molar-refractivity contribution in [2.24, 2.45) is 0 Å². The number of piperidine rings is 1. The molecule has 8 heteroatoms. The lowest BCUT2D eigenvalue weighted by Gasteiger charge is -2.37. The van der Waals surface area contributed by atoms with E-state index in [1.165, 1.54) is 15.9 Å². The second-order valence-corrected chi connectivity index (χ2v) is 7.59. The van der Waals surface area contributed by atoms with Crippen LogP contribution in [0.15, 0.2) is 48.5 Å². The minimum Gasteiger partial charge on any atom is -0.338 e. The maximum absolute atomic E-state index is 13.9. The van der Waals surface area contributed by atoms with E-state index in [1.54, 1.807) is 0 Å². The number of nitrogens with zero attached hydrogens (tertiary/aromatic N) is 2. The second kappa shape index (κ2) is 7.85. The highest BCUT2D eigenvalue weighted by Gasteiger charge is 2.52. The third kappa shape index (κ3) is 3.53. The van der Waals surface area contributed by atoms with Gasteiger partial charge in [-0.1, -0.05) is 36.4 Å². The third-order valence-electron chi connectivity index (χ3n) is 5.79. The van der Waals surface area contributed by atoms with Crippen molar-refractivity contribution >= 4 is 17.8 Å². The van der Waals surface area contributed by atoms with E-state index in [1.807, 2.05) is 30.3 Å². The molecule has 4 rings (SSSR count). The van der Waals surface area contributed by atoms with Crippen LogP contribution in [0.25, 0.3) is 0 Å². The number of imide groups is 1. The average molecular weight is 413 g/mol. The first kappa shape index (κ1) is 20.0. The van der Waals surface area contributed by atoms with Crippen molar-refractivity contribution in [3.05, 3.63) is 71.3 Å². The summed E-state index contributed by atoms with van der Waals surface area (Å²) in [7, 11) is 0. The van der Waals surface area contributed by atoms with Crippen molar-refractivity contribution in [1.82, 2.24) is 15.1 Å². The number of halogens is 2. The van der Waals surface area contributed by atoms with Crippen LogP contribution in [0.3, 0.4) is 0 Å². The van der Waals surface area contributed by atoms with Crippen LogP contribution in [0, 0.1) is 11.6 Å². The van der Waals surface area contributed by atoms with Gasteiger partial charge in [-0.3, -0.25) is 14.5 Å². The first-order chi connectivity index (χ1) is 14.4. The first-order valence-corrected chi connectivity index (χ1v) is 9.83. The molecule has 30 heavy (non-hydrogen) atoms. The Kier molecular flexibility index (Phi) is 5.24. The maximum Gasteiger partial charge on any atom is 0.325 e. The molecular weight excluding hydrogens is 392 g/mol. The minimum atomic E-state index is -1.07. The highest BCUT2D eigenvalue weighted by atomic mass is 19.1. The first-order valence-electron chi connectivity index (χ1n) is 9.83. The van der Waals surface area contributed by atoms with Crippen LogP contribution in [0.2, 0.25) is 0 Å². The molecule has 0 bridgehead atoms. The number of hydrogen-bond acceptors (Lipinski definition) is 3. The Morgan fingerprint density at radius 2 is 1.60 bits per heavy atom. The number of carbonyl (C=O) groups excluding carboxylic acids is 3. The van der Waals surface area contributed by atoms with Crippen LogP contribution in [0.1, 0.15) is 28.8 Å². The molecule has 0 radical (unpaired) electrons. The Balaban J connectivity index is 1.42. The Hall–Kier alpha value is -3.29. The fourth-order valence-corrected chi connectivity index (χ4v) is 4.06. The van der Waals surface area contributed by atoms with Gasteiger partial charge in [0.15, 0.2) is 0 Å². The molecule has 2 heterocycles. The quantitative estimate of drug-likeness (QED) is 0.784. The van der Waals surface area contributed by atoms with Gasteiger partial charge in [0, 0.05) is 19.6 Å². The monoisotopic (exact) mass is 413 g/mol. The van der Waals surface area contributed by atoms with Crippen LogP contribution in [-0.2, 0) is 11.2 Å². The Morgan fingerprint density at radius 3 is 2.23 bits per heavy atom. The van der Waals surface area contributed by atoms with Crippen LogP contribution in [0.4, 0.5) is 13.6 Å². The van der Waals surface area contributed by atoms with Gasteiger partial charge in [0.2, 0.25) is 0 Å². The lowest BCUT2D eigenvalue weighted by Crippen LogP contribution is -2.56. The largest absolute Gasteiger partial charge is 0.338 e. The third-order valence-corrected chi connectivity index (χ3v) is 5.79. The van der Waals surface area contributed by atoms with Crippen molar-refractivity contribution in [2.75, 3.05) is 19.6 Å². The molecule has 0 aromatic heterocycles. The minimum absolute atomic E-state index is 0.116.